The molecule has 32 valence electrons. The molecule has 0 bridgehead atoms. The van der Waals surface area contributed by atoms with Crippen molar-refractivity contribution in [2.75, 3.05) is 0 Å². The first kappa shape index (κ1) is 5.76. The Bertz CT molecular complexity index is 26.1. The van der Waals surface area contributed by atoms with E-state index < -0.39 is 6.48 Å². The third-order valence-corrected chi connectivity index (χ3v) is 0.182. The van der Waals surface area contributed by atoms with Crippen molar-refractivity contribution in [3.63, 3.8) is 0 Å². The van der Waals surface area contributed by atoms with Crippen LogP contribution in [0.2, 0.25) is 0 Å². The first-order chi connectivity index (χ1) is 1.89. The Hall–Kier alpha value is 0.763. The Labute approximate surface area is 47.9 Å². The summed E-state index contributed by atoms with van der Waals surface area (Å²) in [6.45, 7) is -0.917. The third-order valence-electron chi connectivity index (χ3n) is 0.182. The molecule has 0 aromatic carbocycles. The number of aliphatic hydroxyl groups is 1. The standard InChI is InChI=1S/CH2O3.Bi.3H/c2-1-3-4-1;;;;/h1-2H;;;;. The van der Waals surface area contributed by atoms with E-state index in [-0.39, 0.29) is 26.2 Å². The van der Waals surface area contributed by atoms with E-state index in [1.807, 2.05) is 0 Å². The summed E-state index contributed by atoms with van der Waals surface area (Å²) in [5.41, 5.74) is 0. The molecule has 0 saturated carbocycles. The molecular weight excluding hydrogens is 269 g/mol. The topological polar surface area (TPSA) is 45.3 Å². The van der Waals surface area contributed by atoms with E-state index in [0.29, 0.717) is 0 Å². The van der Waals surface area contributed by atoms with Crippen molar-refractivity contribution >= 4 is 26.2 Å². The summed E-state index contributed by atoms with van der Waals surface area (Å²) in [7, 11) is 0. The fourth-order valence-corrected chi connectivity index (χ4v) is 0.0248. The Balaban J connectivity index is 0.000000160. The van der Waals surface area contributed by atoms with E-state index in [0.717, 1.165) is 0 Å². The van der Waals surface area contributed by atoms with Gasteiger partial charge in [-0.15, -0.1) is 0 Å². The Morgan fingerprint density at radius 1 is 1.40 bits per heavy atom. The van der Waals surface area contributed by atoms with Crippen molar-refractivity contribution in [1.82, 2.24) is 0 Å². The quantitative estimate of drug-likeness (QED) is 0.317. The van der Waals surface area contributed by atoms with Gasteiger partial charge in [-0.3, -0.25) is 0 Å². The Morgan fingerprint density at radius 3 is 1.60 bits per heavy atom. The molecule has 0 unspecified atom stereocenters. The van der Waals surface area contributed by atoms with Gasteiger partial charge in [0.05, 0.1) is 0 Å². The van der Waals surface area contributed by atoms with Crippen LogP contribution in [-0.2, 0) is 9.78 Å². The molecule has 3 nitrogen and oxygen atoms in total. The average Bonchev–Trinajstić information content (AvgIpc) is 1.75. The van der Waals surface area contributed by atoms with Crippen LogP contribution in [0.1, 0.15) is 0 Å². The zero-order chi connectivity index (χ0) is 2.99. The maximum absolute atomic E-state index is 7.72. The van der Waals surface area contributed by atoms with E-state index in [1.54, 1.807) is 0 Å². The fraction of sp³-hybridized carbons (Fsp3) is 1.00. The van der Waals surface area contributed by atoms with E-state index in [4.69, 9.17) is 5.11 Å². The zero-order valence-corrected chi connectivity index (χ0v) is 8.05. The minimum absolute atomic E-state index is 0. The molecule has 4 heteroatoms. The summed E-state index contributed by atoms with van der Waals surface area (Å²) < 4.78 is 0. The van der Waals surface area contributed by atoms with Gasteiger partial charge in [0.25, 0.3) is 0 Å². The normalized spacial score (nSPS) is 21.0. The molecule has 0 aromatic heterocycles. The van der Waals surface area contributed by atoms with Gasteiger partial charge in [-0.25, -0.2) is 0 Å². The SMILES string of the molecule is OC1OO1.[BiH3]. The van der Waals surface area contributed by atoms with E-state index in [2.05, 4.69) is 9.78 Å². The molecule has 0 aromatic rings. The minimum atomic E-state index is -0.917. The third kappa shape index (κ3) is 2.57. The van der Waals surface area contributed by atoms with Crippen LogP contribution in [-0.4, -0.2) is 37.8 Å². The first-order valence-electron chi connectivity index (χ1n) is 0.896. The number of hydrogen-bond donors (Lipinski definition) is 1. The van der Waals surface area contributed by atoms with Crippen LogP contribution in [0.15, 0.2) is 0 Å². The van der Waals surface area contributed by atoms with Crippen molar-refractivity contribution < 1.29 is 14.9 Å². The summed E-state index contributed by atoms with van der Waals surface area (Å²) >= 11 is 0. The molecule has 5 heavy (non-hydrogen) atoms. The van der Waals surface area contributed by atoms with Gasteiger partial charge in [0, 0.05) is 0 Å². The van der Waals surface area contributed by atoms with Crippen LogP contribution < -0.4 is 0 Å². The van der Waals surface area contributed by atoms with Crippen molar-refractivity contribution in [3.05, 3.63) is 0 Å². The number of hydrogen-bond acceptors (Lipinski definition) is 3. The van der Waals surface area contributed by atoms with Crippen molar-refractivity contribution in [2.45, 2.75) is 6.48 Å². The van der Waals surface area contributed by atoms with E-state index in [9.17, 15) is 0 Å². The van der Waals surface area contributed by atoms with Crippen LogP contribution in [0.3, 0.4) is 0 Å². The molecule has 1 heterocycles. The molecule has 1 aliphatic rings. The van der Waals surface area contributed by atoms with Crippen molar-refractivity contribution in [2.24, 2.45) is 0 Å². The molecule has 1 aliphatic heterocycles. The molecule has 1 rings (SSSR count). The van der Waals surface area contributed by atoms with Crippen LogP contribution >= 0.6 is 0 Å². The Morgan fingerprint density at radius 2 is 1.60 bits per heavy atom. The van der Waals surface area contributed by atoms with Gasteiger partial charge in [0.2, 0.25) is 0 Å². The second-order valence-electron chi connectivity index (χ2n) is 0.499. The molecule has 0 spiro atoms. The zero-order valence-electron chi connectivity index (χ0n) is 2.55. The maximum atomic E-state index is 7.72. The van der Waals surface area contributed by atoms with Crippen molar-refractivity contribution in [1.29, 1.82) is 0 Å². The Kier molecular flexibility index (Phi) is 2.34. The van der Waals surface area contributed by atoms with Crippen LogP contribution in [0.4, 0.5) is 0 Å². The van der Waals surface area contributed by atoms with Gasteiger partial charge in [-0.1, -0.05) is 0 Å². The molecule has 0 aliphatic carbocycles. The van der Waals surface area contributed by atoms with Crippen molar-refractivity contribution in [3.8, 4) is 0 Å². The molecule has 0 atom stereocenters. The second kappa shape index (κ2) is 2.03. The molecule has 1 N–H and O–H groups in total. The summed E-state index contributed by atoms with van der Waals surface area (Å²) in [6, 6.07) is 0. The predicted octanol–water partition coefficient (Wildman–Crippen LogP) is -1.96. The van der Waals surface area contributed by atoms with Gasteiger partial charge in [0.1, 0.15) is 0 Å². The van der Waals surface area contributed by atoms with Gasteiger partial charge in [-0.05, 0) is 0 Å². The summed E-state index contributed by atoms with van der Waals surface area (Å²) in [5.74, 6) is 0. The van der Waals surface area contributed by atoms with Crippen LogP contribution in [0.5, 0.6) is 0 Å². The molecule has 1 saturated heterocycles. The summed E-state index contributed by atoms with van der Waals surface area (Å²) in [5, 5.41) is 7.72. The number of rotatable bonds is 0. The fourth-order valence-electron chi connectivity index (χ4n) is 0.0248. The molecule has 0 amide bonds. The van der Waals surface area contributed by atoms with Gasteiger partial charge >= 0.3 is 32.7 Å². The van der Waals surface area contributed by atoms with Crippen LogP contribution in [0, 0.1) is 0 Å². The van der Waals surface area contributed by atoms with Gasteiger partial charge < -0.3 is 5.11 Å². The summed E-state index contributed by atoms with van der Waals surface area (Å²) in [6.07, 6.45) is 0. The van der Waals surface area contributed by atoms with Gasteiger partial charge in [-0.2, -0.15) is 9.78 Å². The van der Waals surface area contributed by atoms with Crippen LogP contribution in [0.25, 0.3) is 0 Å². The van der Waals surface area contributed by atoms with Gasteiger partial charge in [0.15, 0.2) is 0 Å². The first-order valence-corrected chi connectivity index (χ1v) is 0.896. The number of aliphatic hydroxyl groups excluding tert-OH is 1. The molecular formula is CH5BiO3. The average molecular weight is 274 g/mol. The molecule has 0 radical (unpaired) electrons. The summed E-state index contributed by atoms with van der Waals surface area (Å²) in [4.78, 5) is 7.53. The molecule has 1 fully saturated rings. The predicted molar refractivity (Wildman–Crippen MR) is 18.1 cm³/mol. The monoisotopic (exact) mass is 274 g/mol. The van der Waals surface area contributed by atoms with E-state index in [1.165, 1.54) is 0 Å². The second-order valence-corrected chi connectivity index (χ2v) is 0.499. The van der Waals surface area contributed by atoms with E-state index >= 15 is 0 Å².